The summed E-state index contributed by atoms with van der Waals surface area (Å²) in [6.07, 6.45) is 1.74. The Morgan fingerprint density at radius 1 is 1.39 bits per heavy atom. The van der Waals surface area contributed by atoms with Gasteiger partial charge in [0.15, 0.2) is 0 Å². The minimum atomic E-state index is -0.178. The molecule has 2 rings (SSSR count). The van der Waals surface area contributed by atoms with E-state index in [-0.39, 0.29) is 12.1 Å². The van der Waals surface area contributed by atoms with E-state index in [1.807, 2.05) is 0 Å². The van der Waals surface area contributed by atoms with E-state index in [1.54, 1.807) is 0 Å². The van der Waals surface area contributed by atoms with Gasteiger partial charge in [0.25, 0.3) is 0 Å². The predicted octanol–water partition coefficient (Wildman–Crippen LogP) is 2.39. The third-order valence-electron chi connectivity index (χ3n) is 3.61. The van der Waals surface area contributed by atoms with E-state index in [0.717, 1.165) is 37.1 Å². The van der Waals surface area contributed by atoms with Crippen molar-refractivity contribution in [2.45, 2.75) is 31.8 Å². The minimum absolute atomic E-state index is 0.167. The quantitative estimate of drug-likeness (QED) is 0.897. The lowest BCUT2D eigenvalue weighted by molar-refractivity contribution is 0.0111. The number of hydrogen-bond donors (Lipinski definition) is 2. The van der Waals surface area contributed by atoms with Crippen LogP contribution in [0, 0.1) is 6.92 Å². The normalized spacial score (nSPS) is 18.8. The fourth-order valence-corrected chi connectivity index (χ4v) is 2.86. The lowest BCUT2D eigenvalue weighted by atomic mass is 9.90. The van der Waals surface area contributed by atoms with Crippen molar-refractivity contribution in [1.29, 1.82) is 0 Å². The summed E-state index contributed by atoms with van der Waals surface area (Å²) in [5, 5.41) is 13.1. The number of hydrogen-bond acceptors (Lipinski definition) is 3. The molecule has 1 heterocycles. The molecule has 0 saturated carbocycles. The molecule has 0 aliphatic carbocycles. The highest BCUT2D eigenvalue weighted by atomic mass is 79.9. The summed E-state index contributed by atoms with van der Waals surface area (Å²) in [6, 6.07) is 6.35. The molecule has 0 radical (unpaired) electrons. The highest BCUT2D eigenvalue weighted by Gasteiger charge is 2.31. The largest absolute Gasteiger partial charge is 0.394 e. The minimum Gasteiger partial charge on any atom is -0.394 e. The number of rotatable bonds is 4. The number of halogens is 1. The monoisotopic (exact) mass is 313 g/mol. The first-order valence-corrected chi connectivity index (χ1v) is 7.13. The molecule has 1 aromatic carbocycles. The zero-order valence-electron chi connectivity index (χ0n) is 10.7. The summed E-state index contributed by atoms with van der Waals surface area (Å²) in [5.41, 5.74) is 2.29. The average Bonchev–Trinajstić information content (AvgIpc) is 2.39. The first kappa shape index (κ1) is 14.0. The van der Waals surface area contributed by atoms with Crippen LogP contribution in [0.1, 0.15) is 24.0 Å². The van der Waals surface area contributed by atoms with Crippen molar-refractivity contribution in [1.82, 2.24) is 5.32 Å². The highest BCUT2D eigenvalue weighted by molar-refractivity contribution is 9.10. The van der Waals surface area contributed by atoms with Crippen LogP contribution in [0.2, 0.25) is 0 Å². The Kier molecular flexibility index (Phi) is 4.78. The van der Waals surface area contributed by atoms with Crippen LogP contribution < -0.4 is 5.32 Å². The first-order chi connectivity index (χ1) is 8.65. The number of aryl methyl sites for hydroxylation is 1. The molecule has 0 amide bonds. The van der Waals surface area contributed by atoms with Crippen molar-refractivity contribution in [2.24, 2.45) is 0 Å². The van der Waals surface area contributed by atoms with Crippen LogP contribution in [-0.4, -0.2) is 30.5 Å². The SMILES string of the molecule is Cc1ccc(CNC2(CO)CCOCC2)c(Br)c1. The Balaban J connectivity index is 2.01. The van der Waals surface area contributed by atoms with E-state index in [9.17, 15) is 5.11 Å². The molecule has 1 saturated heterocycles. The Hall–Kier alpha value is -0.420. The van der Waals surface area contributed by atoms with Gasteiger partial charge in [0.2, 0.25) is 0 Å². The second kappa shape index (κ2) is 6.15. The van der Waals surface area contributed by atoms with Crippen molar-refractivity contribution in [2.75, 3.05) is 19.8 Å². The van der Waals surface area contributed by atoms with Gasteiger partial charge in [0.1, 0.15) is 0 Å². The van der Waals surface area contributed by atoms with Crippen LogP contribution in [0.5, 0.6) is 0 Å². The van der Waals surface area contributed by atoms with E-state index >= 15 is 0 Å². The number of aliphatic hydroxyl groups excluding tert-OH is 1. The summed E-state index contributed by atoms with van der Waals surface area (Å²) < 4.78 is 6.48. The summed E-state index contributed by atoms with van der Waals surface area (Å²) >= 11 is 3.58. The maximum Gasteiger partial charge on any atom is 0.0615 e. The summed E-state index contributed by atoms with van der Waals surface area (Å²) in [4.78, 5) is 0. The average molecular weight is 314 g/mol. The molecule has 1 aromatic rings. The van der Waals surface area contributed by atoms with Gasteiger partial charge >= 0.3 is 0 Å². The lowest BCUT2D eigenvalue weighted by Crippen LogP contribution is -2.51. The Morgan fingerprint density at radius 3 is 2.72 bits per heavy atom. The van der Waals surface area contributed by atoms with Gasteiger partial charge < -0.3 is 15.2 Å². The van der Waals surface area contributed by atoms with E-state index in [2.05, 4.69) is 46.4 Å². The van der Waals surface area contributed by atoms with E-state index in [0.29, 0.717) is 0 Å². The predicted molar refractivity (Wildman–Crippen MR) is 75.6 cm³/mol. The van der Waals surface area contributed by atoms with Gasteiger partial charge in [0.05, 0.1) is 6.61 Å². The topological polar surface area (TPSA) is 41.5 Å². The standard InChI is InChI=1S/C14H20BrNO2/c1-11-2-3-12(13(15)8-11)9-16-14(10-17)4-6-18-7-5-14/h2-3,8,16-17H,4-7,9-10H2,1H3. The Morgan fingerprint density at radius 2 is 2.11 bits per heavy atom. The van der Waals surface area contributed by atoms with Gasteiger partial charge in [-0.1, -0.05) is 28.1 Å². The smallest absolute Gasteiger partial charge is 0.0615 e. The van der Waals surface area contributed by atoms with Crippen molar-refractivity contribution in [3.8, 4) is 0 Å². The molecule has 1 aliphatic heterocycles. The summed E-state index contributed by atoms with van der Waals surface area (Å²) in [7, 11) is 0. The zero-order valence-corrected chi connectivity index (χ0v) is 12.3. The molecular formula is C14H20BrNO2. The second-order valence-electron chi connectivity index (χ2n) is 5.00. The Bertz CT molecular complexity index is 403. The second-order valence-corrected chi connectivity index (χ2v) is 5.85. The molecule has 18 heavy (non-hydrogen) atoms. The van der Waals surface area contributed by atoms with Crippen LogP contribution in [0.3, 0.4) is 0 Å². The fraction of sp³-hybridized carbons (Fsp3) is 0.571. The molecular weight excluding hydrogens is 294 g/mol. The lowest BCUT2D eigenvalue weighted by Gasteiger charge is -2.36. The molecule has 0 bridgehead atoms. The van der Waals surface area contributed by atoms with Gasteiger partial charge in [-0.2, -0.15) is 0 Å². The maximum absolute atomic E-state index is 9.60. The molecule has 0 spiro atoms. The van der Waals surface area contributed by atoms with E-state index in [4.69, 9.17) is 4.74 Å². The van der Waals surface area contributed by atoms with Crippen LogP contribution >= 0.6 is 15.9 Å². The molecule has 0 unspecified atom stereocenters. The molecule has 4 heteroatoms. The van der Waals surface area contributed by atoms with Gasteiger partial charge in [-0.25, -0.2) is 0 Å². The summed E-state index contributed by atoms with van der Waals surface area (Å²) in [5.74, 6) is 0. The molecule has 100 valence electrons. The molecule has 3 nitrogen and oxygen atoms in total. The molecule has 0 aromatic heterocycles. The highest BCUT2D eigenvalue weighted by Crippen LogP contribution is 2.23. The maximum atomic E-state index is 9.60. The number of benzene rings is 1. The van der Waals surface area contributed by atoms with E-state index < -0.39 is 0 Å². The summed E-state index contributed by atoms with van der Waals surface area (Å²) in [6.45, 7) is 4.46. The van der Waals surface area contributed by atoms with Crippen molar-refractivity contribution < 1.29 is 9.84 Å². The Labute approximate surface area is 117 Å². The number of nitrogens with one attached hydrogen (secondary N) is 1. The van der Waals surface area contributed by atoms with E-state index in [1.165, 1.54) is 11.1 Å². The van der Waals surface area contributed by atoms with Gasteiger partial charge in [-0.15, -0.1) is 0 Å². The van der Waals surface area contributed by atoms with Crippen molar-refractivity contribution >= 4 is 15.9 Å². The fourth-order valence-electron chi connectivity index (χ4n) is 2.23. The number of aliphatic hydroxyl groups is 1. The third kappa shape index (κ3) is 3.32. The van der Waals surface area contributed by atoms with Crippen molar-refractivity contribution in [3.63, 3.8) is 0 Å². The van der Waals surface area contributed by atoms with Crippen molar-refractivity contribution in [3.05, 3.63) is 33.8 Å². The molecule has 1 aliphatic rings. The third-order valence-corrected chi connectivity index (χ3v) is 4.35. The van der Waals surface area contributed by atoms with Crippen LogP contribution in [0.25, 0.3) is 0 Å². The van der Waals surface area contributed by atoms with Gasteiger partial charge in [0, 0.05) is 29.8 Å². The zero-order chi connectivity index (χ0) is 13.0. The van der Waals surface area contributed by atoms with Crippen LogP contribution in [0.4, 0.5) is 0 Å². The molecule has 1 fully saturated rings. The van der Waals surface area contributed by atoms with Crippen LogP contribution in [-0.2, 0) is 11.3 Å². The molecule has 2 N–H and O–H groups in total. The molecule has 0 atom stereocenters. The first-order valence-electron chi connectivity index (χ1n) is 6.34. The van der Waals surface area contributed by atoms with Gasteiger partial charge in [-0.3, -0.25) is 0 Å². The van der Waals surface area contributed by atoms with Gasteiger partial charge in [-0.05, 0) is 37.0 Å². The van der Waals surface area contributed by atoms with Crippen LogP contribution in [0.15, 0.2) is 22.7 Å². The number of ether oxygens (including phenoxy) is 1.